The molecule has 0 aromatic carbocycles. The summed E-state index contributed by atoms with van der Waals surface area (Å²) in [4.78, 5) is 27.8. The molecule has 4 atom stereocenters. The SMILES string of the molecule is CN[C@@H](C)C(=O)NC(C(=O)N1CCC2NCCC21)C1CCCCC1. The van der Waals surface area contributed by atoms with Gasteiger partial charge in [0.15, 0.2) is 0 Å². The first kappa shape index (κ1) is 17.7. The largest absolute Gasteiger partial charge is 0.343 e. The van der Waals surface area contributed by atoms with Gasteiger partial charge in [0.1, 0.15) is 6.04 Å². The number of amides is 2. The number of nitrogens with zero attached hydrogens (tertiary/aromatic N) is 1. The Bertz CT molecular complexity index is 464. The van der Waals surface area contributed by atoms with Crippen molar-refractivity contribution in [2.75, 3.05) is 20.1 Å². The Morgan fingerprint density at radius 3 is 2.58 bits per heavy atom. The van der Waals surface area contributed by atoms with Gasteiger partial charge in [-0.15, -0.1) is 0 Å². The smallest absolute Gasteiger partial charge is 0.245 e. The van der Waals surface area contributed by atoms with Gasteiger partial charge < -0.3 is 20.9 Å². The van der Waals surface area contributed by atoms with Gasteiger partial charge >= 0.3 is 0 Å². The topological polar surface area (TPSA) is 73.5 Å². The maximum absolute atomic E-state index is 13.3. The lowest BCUT2D eigenvalue weighted by atomic mass is 9.83. The van der Waals surface area contributed by atoms with Gasteiger partial charge in [-0.3, -0.25) is 9.59 Å². The van der Waals surface area contributed by atoms with Crippen LogP contribution in [0.25, 0.3) is 0 Å². The van der Waals surface area contributed by atoms with Gasteiger partial charge in [0, 0.05) is 18.6 Å². The Hall–Kier alpha value is -1.14. The molecule has 1 saturated carbocycles. The van der Waals surface area contributed by atoms with E-state index in [1.165, 1.54) is 19.3 Å². The van der Waals surface area contributed by atoms with E-state index in [1.54, 1.807) is 7.05 Å². The van der Waals surface area contributed by atoms with Crippen LogP contribution in [0, 0.1) is 5.92 Å². The summed E-state index contributed by atoms with van der Waals surface area (Å²) in [6.07, 6.45) is 7.74. The van der Waals surface area contributed by atoms with Crippen molar-refractivity contribution < 1.29 is 9.59 Å². The molecule has 2 amide bonds. The highest BCUT2D eigenvalue weighted by Crippen LogP contribution is 2.31. The third-order valence-electron chi connectivity index (χ3n) is 6.19. The quantitative estimate of drug-likeness (QED) is 0.688. The Balaban J connectivity index is 1.72. The fourth-order valence-electron chi connectivity index (χ4n) is 4.58. The molecule has 0 spiro atoms. The number of hydrogen-bond acceptors (Lipinski definition) is 4. The lowest BCUT2D eigenvalue weighted by Crippen LogP contribution is -2.56. The number of likely N-dealkylation sites (tertiary alicyclic amines) is 1. The number of carbonyl (C=O) groups excluding carboxylic acids is 2. The molecule has 0 aromatic heterocycles. The summed E-state index contributed by atoms with van der Waals surface area (Å²) in [6, 6.07) is 0.145. The molecule has 3 fully saturated rings. The second-order valence-electron chi connectivity index (χ2n) is 7.63. The summed E-state index contributed by atoms with van der Waals surface area (Å²) >= 11 is 0. The zero-order valence-corrected chi connectivity index (χ0v) is 15.0. The second kappa shape index (κ2) is 7.83. The van der Waals surface area contributed by atoms with E-state index in [0.29, 0.717) is 12.1 Å². The first-order valence-corrected chi connectivity index (χ1v) is 9.63. The average Bonchev–Trinajstić information content (AvgIpc) is 3.22. The van der Waals surface area contributed by atoms with E-state index < -0.39 is 0 Å². The predicted molar refractivity (Wildman–Crippen MR) is 93.6 cm³/mol. The van der Waals surface area contributed by atoms with Crippen LogP contribution in [0.1, 0.15) is 51.9 Å². The summed E-state index contributed by atoms with van der Waals surface area (Å²) in [7, 11) is 1.77. The summed E-state index contributed by atoms with van der Waals surface area (Å²) in [5, 5.41) is 9.55. The fraction of sp³-hybridized carbons (Fsp3) is 0.889. The van der Waals surface area contributed by atoms with Crippen LogP contribution in [-0.2, 0) is 9.59 Å². The third kappa shape index (κ3) is 3.59. The Labute approximate surface area is 145 Å². The molecular formula is C18H32N4O2. The molecule has 0 aromatic rings. The van der Waals surface area contributed by atoms with E-state index in [4.69, 9.17) is 0 Å². The minimum atomic E-state index is -0.354. The molecule has 6 nitrogen and oxygen atoms in total. The molecule has 0 radical (unpaired) electrons. The van der Waals surface area contributed by atoms with Crippen LogP contribution in [0.5, 0.6) is 0 Å². The van der Waals surface area contributed by atoms with E-state index in [9.17, 15) is 9.59 Å². The predicted octanol–water partition coefficient (Wildman–Crippen LogP) is 0.622. The van der Waals surface area contributed by atoms with Crippen LogP contribution in [0.2, 0.25) is 0 Å². The molecule has 0 bridgehead atoms. The molecule has 1 aliphatic carbocycles. The number of likely N-dealkylation sites (N-methyl/N-ethyl adjacent to an activating group) is 1. The monoisotopic (exact) mass is 336 g/mol. The molecule has 3 aliphatic rings. The van der Waals surface area contributed by atoms with Crippen molar-refractivity contribution in [3.63, 3.8) is 0 Å². The van der Waals surface area contributed by atoms with Crippen molar-refractivity contribution in [3.05, 3.63) is 0 Å². The van der Waals surface area contributed by atoms with Gasteiger partial charge in [0.2, 0.25) is 11.8 Å². The molecule has 24 heavy (non-hydrogen) atoms. The number of hydrogen-bond donors (Lipinski definition) is 3. The van der Waals surface area contributed by atoms with Crippen molar-refractivity contribution in [2.24, 2.45) is 5.92 Å². The second-order valence-corrected chi connectivity index (χ2v) is 7.63. The van der Waals surface area contributed by atoms with E-state index in [1.807, 2.05) is 11.8 Å². The average molecular weight is 336 g/mol. The van der Waals surface area contributed by atoms with Gasteiger partial charge in [0.25, 0.3) is 0 Å². The van der Waals surface area contributed by atoms with Crippen molar-refractivity contribution >= 4 is 11.8 Å². The first-order chi connectivity index (χ1) is 11.6. The Kier molecular flexibility index (Phi) is 5.76. The molecule has 2 heterocycles. The minimum absolute atomic E-state index is 0.0679. The van der Waals surface area contributed by atoms with Gasteiger partial charge in [0.05, 0.1) is 6.04 Å². The van der Waals surface area contributed by atoms with E-state index in [0.717, 1.165) is 38.8 Å². The van der Waals surface area contributed by atoms with Crippen molar-refractivity contribution in [2.45, 2.75) is 76.0 Å². The lowest BCUT2D eigenvalue weighted by molar-refractivity contribution is -0.139. The maximum Gasteiger partial charge on any atom is 0.245 e. The number of nitrogens with one attached hydrogen (secondary N) is 3. The number of fused-ring (bicyclic) bond motifs is 1. The van der Waals surface area contributed by atoms with Gasteiger partial charge in [-0.1, -0.05) is 19.3 Å². The van der Waals surface area contributed by atoms with Crippen LogP contribution in [-0.4, -0.2) is 61.0 Å². The van der Waals surface area contributed by atoms with E-state index in [-0.39, 0.29) is 29.8 Å². The summed E-state index contributed by atoms with van der Waals surface area (Å²) < 4.78 is 0. The summed E-state index contributed by atoms with van der Waals surface area (Å²) in [6.45, 7) is 3.66. The summed E-state index contributed by atoms with van der Waals surface area (Å²) in [5.41, 5.74) is 0. The normalized spacial score (nSPS) is 30.0. The van der Waals surface area contributed by atoms with Crippen molar-refractivity contribution in [3.8, 4) is 0 Å². The molecular weight excluding hydrogens is 304 g/mol. The van der Waals surface area contributed by atoms with Crippen LogP contribution in [0.4, 0.5) is 0 Å². The minimum Gasteiger partial charge on any atom is -0.343 e. The van der Waals surface area contributed by atoms with Crippen LogP contribution in [0.3, 0.4) is 0 Å². The highest BCUT2D eigenvalue weighted by atomic mass is 16.2. The Morgan fingerprint density at radius 1 is 1.12 bits per heavy atom. The molecule has 3 unspecified atom stereocenters. The standard InChI is InChI=1S/C18H32N4O2/c1-12(19-2)17(23)21-16(13-6-4-3-5-7-13)18(24)22-11-9-14-15(22)8-10-20-14/h12-16,19-20H,3-11H2,1-2H3,(H,21,23)/t12-,14?,15?,16?/m0/s1. The number of carbonyl (C=O) groups is 2. The maximum atomic E-state index is 13.3. The van der Waals surface area contributed by atoms with Crippen LogP contribution < -0.4 is 16.0 Å². The zero-order chi connectivity index (χ0) is 17.1. The highest BCUT2D eigenvalue weighted by Gasteiger charge is 2.43. The molecule has 3 N–H and O–H groups in total. The van der Waals surface area contributed by atoms with E-state index in [2.05, 4.69) is 16.0 Å². The van der Waals surface area contributed by atoms with Crippen LogP contribution >= 0.6 is 0 Å². The van der Waals surface area contributed by atoms with Crippen LogP contribution in [0.15, 0.2) is 0 Å². The summed E-state index contributed by atoms with van der Waals surface area (Å²) in [5.74, 6) is 0.365. The lowest BCUT2D eigenvalue weighted by Gasteiger charge is -2.35. The number of rotatable bonds is 5. The van der Waals surface area contributed by atoms with Crippen molar-refractivity contribution in [1.82, 2.24) is 20.9 Å². The van der Waals surface area contributed by atoms with Gasteiger partial charge in [-0.2, -0.15) is 0 Å². The zero-order valence-electron chi connectivity index (χ0n) is 15.0. The van der Waals surface area contributed by atoms with Gasteiger partial charge in [-0.05, 0) is 52.1 Å². The molecule has 136 valence electrons. The molecule has 3 rings (SSSR count). The van der Waals surface area contributed by atoms with Gasteiger partial charge in [-0.25, -0.2) is 0 Å². The Morgan fingerprint density at radius 2 is 1.88 bits per heavy atom. The third-order valence-corrected chi connectivity index (χ3v) is 6.19. The molecule has 2 aliphatic heterocycles. The fourth-order valence-corrected chi connectivity index (χ4v) is 4.58. The highest BCUT2D eigenvalue weighted by molar-refractivity contribution is 5.90. The molecule has 2 saturated heterocycles. The molecule has 6 heteroatoms. The van der Waals surface area contributed by atoms with E-state index >= 15 is 0 Å². The first-order valence-electron chi connectivity index (χ1n) is 9.63. The van der Waals surface area contributed by atoms with Crippen molar-refractivity contribution in [1.29, 1.82) is 0 Å².